The van der Waals surface area contributed by atoms with Crippen molar-refractivity contribution in [2.45, 2.75) is 25.8 Å². The van der Waals surface area contributed by atoms with Crippen LogP contribution in [0, 0.1) is 0 Å². The Morgan fingerprint density at radius 2 is 2.11 bits per heavy atom. The van der Waals surface area contributed by atoms with Crippen LogP contribution in [0.1, 0.15) is 19.8 Å². The molecular weight excluding hydrogens is 363 g/mol. The van der Waals surface area contributed by atoms with Crippen molar-refractivity contribution < 1.29 is 4.79 Å². The molecule has 106 valence electrons. The van der Waals surface area contributed by atoms with Crippen molar-refractivity contribution in [3.05, 3.63) is 0 Å². The predicted octanol–water partition coefficient (Wildman–Crippen LogP) is 0.801. The predicted molar refractivity (Wildman–Crippen MR) is 88.9 cm³/mol. The van der Waals surface area contributed by atoms with E-state index in [0.717, 1.165) is 31.7 Å². The summed E-state index contributed by atoms with van der Waals surface area (Å²) in [5, 5.41) is 9.21. The first-order chi connectivity index (χ1) is 8.26. The summed E-state index contributed by atoms with van der Waals surface area (Å²) in [6.07, 6.45) is 4.29. The van der Waals surface area contributed by atoms with Gasteiger partial charge in [0, 0.05) is 24.9 Å². The summed E-state index contributed by atoms with van der Waals surface area (Å²) in [5.41, 5.74) is 0. The minimum Gasteiger partial charge on any atom is -0.357 e. The van der Waals surface area contributed by atoms with E-state index in [1.807, 2.05) is 6.92 Å². The van der Waals surface area contributed by atoms with Crippen LogP contribution in [-0.4, -0.2) is 49.6 Å². The number of halogens is 1. The Hall–Kier alpha value is -0.180. The van der Waals surface area contributed by atoms with Crippen LogP contribution < -0.4 is 16.0 Å². The van der Waals surface area contributed by atoms with Gasteiger partial charge in [0.05, 0.1) is 0 Å². The van der Waals surface area contributed by atoms with Crippen molar-refractivity contribution in [1.29, 1.82) is 0 Å². The fourth-order valence-corrected chi connectivity index (χ4v) is 1.57. The highest BCUT2D eigenvalue weighted by Crippen LogP contribution is 2.18. The first-order valence-electron chi connectivity index (χ1n) is 6.06. The van der Waals surface area contributed by atoms with Crippen molar-refractivity contribution >= 4 is 47.6 Å². The second-order valence-electron chi connectivity index (χ2n) is 3.96. The van der Waals surface area contributed by atoms with Crippen LogP contribution in [0.4, 0.5) is 0 Å². The van der Waals surface area contributed by atoms with Crippen molar-refractivity contribution in [1.82, 2.24) is 16.0 Å². The maximum absolute atomic E-state index is 11.5. The lowest BCUT2D eigenvalue weighted by atomic mass is 10.5. The molecule has 1 aliphatic carbocycles. The Morgan fingerprint density at radius 3 is 2.67 bits per heavy atom. The lowest BCUT2D eigenvalue weighted by Crippen LogP contribution is -2.39. The largest absolute Gasteiger partial charge is 0.357 e. The molecule has 1 fully saturated rings. The molecule has 0 atom stereocenters. The summed E-state index contributed by atoms with van der Waals surface area (Å²) >= 11 is 1.78. The average molecular weight is 386 g/mol. The number of nitrogens with zero attached hydrogens (tertiary/aromatic N) is 1. The first kappa shape index (κ1) is 17.8. The summed E-state index contributed by atoms with van der Waals surface area (Å²) < 4.78 is 0. The van der Waals surface area contributed by atoms with Crippen molar-refractivity contribution in [2.75, 3.05) is 31.6 Å². The molecule has 0 aromatic carbocycles. The smallest absolute Gasteiger partial charge is 0.242 e. The number of nitrogens with one attached hydrogen (secondary N) is 3. The van der Waals surface area contributed by atoms with Crippen molar-refractivity contribution in [3.8, 4) is 0 Å². The van der Waals surface area contributed by atoms with E-state index in [-0.39, 0.29) is 36.4 Å². The highest BCUT2D eigenvalue weighted by atomic mass is 127. The molecule has 0 aromatic rings. The van der Waals surface area contributed by atoms with E-state index in [2.05, 4.69) is 27.2 Å². The molecule has 0 spiro atoms. The number of carbonyl (C=O) groups is 1. The van der Waals surface area contributed by atoms with Crippen molar-refractivity contribution in [2.24, 2.45) is 4.99 Å². The zero-order chi connectivity index (χ0) is 12.5. The lowest BCUT2D eigenvalue weighted by molar-refractivity contribution is -0.119. The molecule has 1 rings (SSSR count). The molecule has 1 saturated carbocycles. The van der Waals surface area contributed by atoms with Gasteiger partial charge in [0.15, 0.2) is 5.96 Å². The molecule has 18 heavy (non-hydrogen) atoms. The summed E-state index contributed by atoms with van der Waals surface area (Å²) in [6.45, 7) is 3.87. The van der Waals surface area contributed by atoms with E-state index in [1.165, 1.54) is 0 Å². The topological polar surface area (TPSA) is 65.5 Å². The van der Waals surface area contributed by atoms with Crippen molar-refractivity contribution in [3.63, 3.8) is 0 Å². The number of guanidine groups is 1. The third-order valence-electron chi connectivity index (χ3n) is 2.27. The van der Waals surface area contributed by atoms with E-state index in [4.69, 9.17) is 0 Å². The number of rotatable bonds is 7. The summed E-state index contributed by atoms with van der Waals surface area (Å²) in [5.74, 6) is 1.75. The molecule has 5 nitrogen and oxygen atoms in total. The number of hydrogen-bond donors (Lipinski definition) is 3. The summed E-state index contributed by atoms with van der Waals surface area (Å²) in [4.78, 5) is 15.7. The number of carbonyl (C=O) groups excluding carboxylic acids is 1. The van der Waals surface area contributed by atoms with Gasteiger partial charge in [0.25, 0.3) is 0 Å². The molecule has 0 heterocycles. The number of thioether (sulfide) groups is 1. The molecule has 0 unspecified atom stereocenters. The third kappa shape index (κ3) is 8.84. The molecule has 0 saturated heterocycles. The highest BCUT2D eigenvalue weighted by Gasteiger charge is 2.22. The molecule has 0 bridgehead atoms. The van der Waals surface area contributed by atoms with Gasteiger partial charge in [-0.25, -0.2) is 4.99 Å². The van der Waals surface area contributed by atoms with Gasteiger partial charge in [-0.15, -0.1) is 24.0 Å². The maximum Gasteiger partial charge on any atom is 0.242 e. The normalized spacial score (nSPS) is 14.7. The third-order valence-corrected chi connectivity index (χ3v) is 2.88. The lowest BCUT2D eigenvalue weighted by Gasteiger charge is -2.10. The zero-order valence-corrected chi connectivity index (χ0v) is 14.1. The molecule has 0 radical (unpaired) electrons. The summed E-state index contributed by atoms with van der Waals surface area (Å²) in [6, 6.07) is 0.407. The summed E-state index contributed by atoms with van der Waals surface area (Å²) in [7, 11) is 0. The van der Waals surface area contributed by atoms with Gasteiger partial charge in [-0.3, -0.25) is 4.79 Å². The fraction of sp³-hybridized carbons (Fsp3) is 0.818. The monoisotopic (exact) mass is 386 g/mol. The van der Waals surface area contributed by atoms with Crippen LogP contribution in [0.5, 0.6) is 0 Å². The van der Waals surface area contributed by atoms with Crippen LogP contribution in [0.3, 0.4) is 0 Å². The second-order valence-corrected chi connectivity index (χ2v) is 4.94. The van der Waals surface area contributed by atoms with Gasteiger partial charge >= 0.3 is 0 Å². The van der Waals surface area contributed by atoms with E-state index >= 15 is 0 Å². The number of amides is 1. The van der Waals surface area contributed by atoms with Gasteiger partial charge in [0.1, 0.15) is 6.54 Å². The minimum absolute atomic E-state index is 0. The van der Waals surface area contributed by atoms with Crippen LogP contribution >= 0.6 is 35.7 Å². The van der Waals surface area contributed by atoms with Crippen LogP contribution in [-0.2, 0) is 4.79 Å². The van der Waals surface area contributed by atoms with Crippen LogP contribution in [0.25, 0.3) is 0 Å². The Kier molecular flexibility index (Phi) is 10.6. The second kappa shape index (κ2) is 10.7. The molecule has 3 N–H and O–H groups in total. The SMILES string of the molecule is CCNC(=NCC(=O)NC1CC1)NCCSC.I. The fourth-order valence-electron chi connectivity index (χ4n) is 1.27. The van der Waals surface area contributed by atoms with Crippen LogP contribution in [0.15, 0.2) is 4.99 Å². The zero-order valence-electron chi connectivity index (χ0n) is 11.0. The van der Waals surface area contributed by atoms with E-state index in [1.54, 1.807) is 11.8 Å². The molecular formula is C11H23IN4OS. The molecule has 7 heteroatoms. The Bertz CT molecular complexity index is 272. The van der Waals surface area contributed by atoms with Crippen LogP contribution in [0.2, 0.25) is 0 Å². The molecule has 0 aromatic heterocycles. The minimum atomic E-state index is 0. The highest BCUT2D eigenvalue weighted by molar-refractivity contribution is 14.0. The number of aliphatic imine (C=N–C) groups is 1. The average Bonchev–Trinajstić information content (AvgIpc) is 3.10. The number of hydrogen-bond acceptors (Lipinski definition) is 3. The van der Waals surface area contributed by atoms with E-state index < -0.39 is 0 Å². The molecule has 1 amide bonds. The quantitative estimate of drug-likeness (QED) is 0.262. The molecule has 1 aliphatic rings. The maximum atomic E-state index is 11.5. The molecule has 0 aliphatic heterocycles. The Morgan fingerprint density at radius 1 is 1.39 bits per heavy atom. The van der Waals surface area contributed by atoms with E-state index in [0.29, 0.717) is 12.0 Å². The first-order valence-corrected chi connectivity index (χ1v) is 7.46. The van der Waals surface area contributed by atoms with Gasteiger partial charge in [-0.05, 0) is 26.0 Å². The van der Waals surface area contributed by atoms with Gasteiger partial charge in [0.2, 0.25) is 5.91 Å². The van der Waals surface area contributed by atoms with E-state index in [9.17, 15) is 4.79 Å². The Labute approximate surface area is 130 Å². The van der Waals surface area contributed by atoms with Gasteiger partial charge in [-0.1, -0.05) is 0 Å². The Balaban J connectivity index is 0.00000289. The standard InChI is InChI=1S/C11H22N4OS.HI/c1-3-12-11(13-6-7-17-2)14-8-10(16)15-9-4-5-9;/h9H,3-8H2,1-2H3,(H,15,16)(H2,12,13,14);1H. The van der Waals surface area contributed by atoms with Gasteiger partial charge < -0.3 is 16.0 Å². The van der Waals surface area contributed by atoms with Gasteiger partial charge in [-0.2, -0.15) is 11.8 Å².